The first-order valence-electron chi connectivity index (χ1n) is 6.15. The zero-order valence-corrected chi connectivity index (χ0v) is 12.6. The largest absolute Gasteiger partial charge is 0.355 e. The molecule has 0 bridgehead atoms. The lowest BCUT2D eigenvalue weighted by molar-refractivity contribution is -0.119. The number of likely N-dealkylation sites (N-methyl/N-ethyl adjacent to an activating group) is 2. The molecule has 0 saturated carbocycles. The van der Waals surface area contributed by atoms with Crippen LogP contribution in [-0.2, 0) is 11.2 Å². The number of amides is 1. The number of carbonyl (C=O) groups excluding carboxylic acids is 1. The number of carbonyl (C=O) groups is 1. The Morgan fingerprint density at radius 3 is 2.67 bits per heavy atom. The van der Waals surface area contributed by atoms with Crippen LogP contribution in [0.15, 0.2) is 10.7 Å². The molecule has 0 spiro atoms. The van der Waals surface area contributed by atoms with Crippen LogP contribution in [0.4, 0.5) is 5.82 Å². The minimum absolute atomic E-state index is 0.00660. The Morgan fingerprint density at radius 2 is 2.11 bits per heavy atom. The average Bonchev–Trinajstić information content (AvgIpc) is 2.35. The average molecular weight is 315 g/mol. The van der Waals surface area contributed by atoms with Gasteiger partial charge < -0.3 is 10.2 Å². The zero-order valence-electron chi connectivity index (χ0n) is 11.0. The quantitative estimate of drug-likeness (QED) is 0.813. The molecule has 0 fully saturated rings. The molecule has 0 atom stereocenters. The van der Waals surface area contributed by atoms with Gasteiger partial charge in [-0.05, 0) is 29.8 Å². The fourth-order valence-corrected chi connectivity index (χ4v) is 1.96. The van der Waals surface area contributed by atoms with Crippen molar-refractivity contribution < 1.29 is 4.79 Å². The molecule has 0 aliphatic carbocycles. The van der Waals surface area contributed by atoms with Gasteiger partial charge in [-0.15, -0.1) is 0 Å². The number of aryl methyl sites for hydroxylation is 1. The maximum Gasteiger partial charge on any atom is 0.239 e. The van der Waals surface area contributed by atoms with Crippen molar-refractivity contribution >= 4 is 27.7 Å². The van der Waals surface area contributed by atoms with E-state index in [2.05, 4.69) is 31.2 Å². The third kappa shape index (κ3) is 4.25. The Labute approximate surface area is 116 Å². The summed E-state index contributed by atoms with van der Waals surface area (Å²) < 4.78 is 0.749. The van der Waals surface area contributed by atoms with Gasteiger partial charge in [0.2, 0.25) is 5.91 Å². The molecule has 5 nitrogen and oxygen atoms in total. The van der Waals surface area contributed by atoms with E-state index in [1.807, 2.05) is 31.7 Å². The van der Waals surface area contributed by atoms with Crippen molar-refractivity contribution in [3.05, 3.63) is 16.5 Å². The lowest BCUT2D eigenvalue weighted by atomic mass is 10.4. The van der Waals surface area contributed by atoms with Crippen LogP contribution >= 0.6 is 15.9 Å². The number of halogens is 1. The van der Waals surface area contributed by atoms with Gasteiger partial charge in [-0.2, -0.15) is 0 Å². The fourth-order valence-electron chi connectivity index (χ4n) is 1.55. The molecule has 0 saturated heterocycles. The molecule has 0 aliphatic rings. The van der Waals surface area contributed by atoms with Gasteiger partial charge in [0, 0.05) is 25.6 Å². The number of nitrogens with zero attached hydrogens (tertiary/aromatic N) is 3. The summed E-state index contributed by atoms with van der Waals surface area (Å²) >= 11 is 3.37. The van der Waals surface area contributed by atoms with E-state index in [-0.39, 0.29) is 5.91 Å². The first kappa shape index (κ1) is 14.9. The Hall–Kier alpha value is -1.17. The lowest BCUT2D eigenvalue weighted by Crippen LogP contribution is -2.37. The molecule has 1 amide bonds. The van der Waals surface area contributed by atoms with Gasteiger partial charge >= 0.3 is 0 Å². The maximum absolute atomic E-state index is 11.6. The second kappa shape index (κ2) is 7.31. The molecule has 0 aliphatic heterocycles. The van der Waals surface area contributed by atoms with Crippen molar-refractivity contribution in [1.29, 1.82) is 0 Å². The molecule has 1 aromatic heterocycles. The third-order valence-corrected chi connectivity index (χ3v) is 2.86. The highest BCUT2D eigenvalue weighted by atomic mass is 79.9. The molecule has 0 aromatic carbocycles. The molecular weight excluding hydrogens is 296 g/mol. The predicted molar refractivity (Wildman–Crippen MR) is 75.7 cm³/mol. The summed E-state index contributed by atoms with van der Waals surface area (Å²) in [6.45, 7) is 7.60. The molecule has 100 valence electrons. The Bertz CT molecular complexity index is 411. The van der Waals surface area contributed by atoms with E-state index in [9.17, 15) is 4.79 Å². The molecule has 1 rings (SSSR count). The van der Waals surface area contributed by atoms with Crippen LogP contribution in [0.1, 0.15) is 26.6 Å². The highest BCUT2D eigenvalue weighted by molar-refractivity contribution is 9.10. The van der Waals surface area contributed by atoms with Crippen LogP contribution in [0.25, 0.3) is 0 Å². The van der Waals surface area contributed by atoms with Gasteiger partial charge in [-0.1, -0.05) is 6.92 Å². The SMILES string of the molecule is CCNC(=O)CN(CC)c1cc(Br)nc(CC)n1. The number of hydrogen-bond donors (Lipinski definition) is 1. The van der Waals surface area contributed by atoms with Crippen molar-refractivity contribution in [3.63, 3.8) is 0 Å². The number of rotatable bonds is 6. The Morgan fingerprint density at radius 1 is 1.39 bits per heavy atom. The molecule has 1 aromatic rings. The lowest BCUT2D eigenvalue weighted by Gasteiger charge is -2.21. The Balaban J connectivity index is 2.87. The summed E-state index contributed by atoms with van der Waals surface area (Å²) in [5.41, 5.74) is 0. The van der Waals surface area contributed by atoms with Crippen LogP contribution in [0, 0.1) is 0 Å². The van der Waals surface area contributed by atoms with Crippen molar-refractivity contribution in [3.8, 4) is 0 Å². The molecule has 0 radical (unpaired) electrons. The first-order chi connectivity index (χ1) is 8.60. The van der Waals surface area contributed by atoms with Gasteiger partial charge in [0.05, 0.1) is 6.54 Å². The van der Waals surface area contributed by atoms with Crippen LogP contribution in [-0.4, -0.2) is 35.5 Å². The minimum atomic E-state index is 0.00660. The van der Waals surface area contributed by atoms with E-state index in [4.69, 9.17) is 0 Å². The third-order valence-electron chi connectivity index (χ3n) is 2.46. The van der Waals surface area contributed by atoms with Crippen molar-refractivity contribution in [1.82, 2.24) is 15.3 Å². The fraction of sp³-hybridized carbons (Fsp3) is 0.583. The van der Waals surface area contributed by atoms with E-state index in [0.29, 0.717) is 13.1 Å². The molecule has 1 heterocycles. The van der Waals surface area contributed by atoms with Crippen molar-refractivity contribution in [2.45, 2.75) is 27.2 Å². The maximum atomic E-state index is 11.6. The Kier molecular flexibility index (Phi) is 6.04. The van der Waals surface area contributed by atoms with E-state index in [0.717, 1.165) is 29.2 Å². The minimum Gasteiger partial charge on any atom is -0.355 e. The zero-order chi connectivity index (χ0) is 13.5. The normalized spacial score (nSPS) is 10.2. The predicted octanol–water partition coefficient (Wildman–Crippen LogP) is 1.76. The second-order valence-electron chi connectivity index (χ2n) is 3.79. The van der Waals surface area contributed by atoms with Crippen molar-refractivity contribution in [2.24, 2.45) is 0 Å². The number of anilines is 1. The highest BCUT2D eigenvalue weighted by Gasteiger charge is 2.12. The van der Waals surface area contributed by atoms with Crippen LogP contribution in [0.2, 0.25) is 0 Å². The molecule has 18 heavy (non-hydrogen) atoms. The second-order valence-corrected chi connectivity index (χ2v) is 4.60. The molecule has 1 N–H and O–H groups in total. The van der Waals surface area contributed by atoms with Gasteiger partial charge in [0.15, 0.2) is 0 Å². The first-order valence-corrected chi connectivity index (χ1v) is 6.95. The van der Waals surface area contributed by atoms with Crippen LogP contribution in [0.5, 0.6) is 0 Å². The standard InChI is InChI=1S/C12H19BrN4O/c1-4-10-15-9(13)7-11(16-10)17(6-3)8-12(18)14-5-2/h7H,4-6,8H2,1-3H3,(H,14,18). The van der Waals surface area contributed by atoms with E-state index in [1.54, 1.807) is 0 Å². The summed E-state index contributed by atoms with van der Waals surface area (Å²) in [5.74, 6) is 1.56. The summed E-state index contributed by atoms with van der Waals surface area (Å²) in [4.78, 5) is 22.2. The van der Waals surface area contributed by atoms with Crippen molar-refractivity contribution in [2.75, 3.05) is 24.5 Å². The van der Waals surface area contributed by atoms with E-state index >= 15 is 0 Å². The van der Waals surface area contributed by atoms with Crippen LogP contribution in [0.3, 0.4) is 0 Å². The molecule has 6 heteroatoms. The van der Waals surface area contributed by atoms with Gasteiger partial charge in [0.1, 0.15) is 16.2 Å². The number of aromatic nitrogens is 2. The summed E-state index contributed by atoms with van der Waals surface area (Å²) in [6.07, 6.45) is 0.769. The smallest absolute Gasteiger partial charge is 0.239 e. The van der Waals surface area contributed by atoms with Crippen LogP contribution < -0.4 is 10.2 Å². The highest BCUT2D eigenvalue weighted by Crippen LogP contribution is 2.16. The number of hydrogen-bond acceptors (Lipinski definition) is 4. The number of nitrogens with one attached hydrogen (secondary N) is 1. The summed E-state index contributed by atoms with van der Waals surface area (Å²) in [7, 11) is 0. The summed E-state index contributed by atoms with van der Waals surface area (Å²) in [6, 6.07) is 1.84. The van der Waals surface area contributed by atoms with Gasteiger partial charge in [-0.25, -0.2) is 9.97 Å². The summed E-state index contributed by atoms with van der Waals surface area (Å²) in [5, 5.41) is 2.79. The van der Waals surface area contributed by atoms with Gasteiger partial charge in [0.25, 0.3) is 0 Å². The topological polar surface area (TPSA) is 58.1 Å². The molecular formula is C12H19BrN4O. The van der Waals surface area contributed by atoms with E-state index in [1.165, 1.54) is 0 Å². The molecule has 0 unspecified atom stereocenters. The van der Waals surface area contributed by atoms with E-state index < -0.39 is 0 Å². The van der Waals surface area contributed by atoms with Gasteiger partial charge in [-0.3, -0.25) is 4.79 Å². The monoisotopic (exact) mass is 314 g/mol.